The van der Waals surface area contributed by atoms with Crippen LogP contribution in [0.3, 0.4) is 0 Å². The van der Waals surface area contributed by atoms with Gasteiger partial charge in [-0.1, -0.05) is 12.1 Å². The van der Waals surface area contributed by atoms with Crippen molar-refractivity contribution < 1.29 is 19.1 Å². The summed E-state index contributed by atoms with van der Waals surface area (Å²) in [6, 6.07) is 7.30. The average Bonchev–Trinajstić information content (AvgIpc) is 2.50. The maximum Gasteiger partial charge on any atom is 0.325 e. The topological polar surface area (TPSA) is 90.4 Å². The smallest absolute Gasteiger partial charge is 0.325 e. The number of para-hydroxylation sites is 1. The largest absolute Gasteiger partial charge is 0.468 e. The molecule has 0 aliphatic carbocycles. The third kappa shape index (κ3) is 3.41. The summed E-state index contributed by atoms with van der Waals surface area (Å²) >= 11 is 0. The second-order valence-corrected chi connectivity index (χ2v) is 3.84. The lowest BCUT2D eigenvalue weighted by atomic mass is 10.2. The number of hydrogen-bond donors (Lipinski definition) is 1. The van der Waals surface area contributed by atoms with E-state index in [0.717, 1.165) is 10.9 Å². The molecule has 1 N–H and O–H groups in total. The highest BCUT2D eigenvalue weighted by molar-refractivity contribution is 5.85. The third-order valence-corrected chi connectivity index (χ3v) is 2.50. The Balaban J connectivity index is 1.96. The Kier molecular flexibility index (Phi) is 4.43. The summed E-state index contributed by atoms with van der Waals surface area (Å²) < 4.78 is 9.74. The lowest BCUT2D eigenvalue weighted by molar-refractivity contribution is -0.141. The molecule has 0 radical (unpaired) electrons. The van der Waals surface area contributed by atoms with Crippen molar-refractivity contribution in [1.29, 1.82) is 0 Å². The van der Waals surface area contributed by atoms with E-state index in [1.165, 1.54) is 13.4 Å². The van der Waals surface area contributed by atoms with Crippen molar-refractivity contribution in [3.05, 3.63) is 30.6 Å². The minimum absolute atomic E-state index is 0.191. The Bertz CT molecular complexity index is 625. The molecule has 2 rings (SSSR count). The van der Waals surface area contributed by atoms with E-state index < -0.39 is 11.9 Å². The van der Waals surface area contributed by atoms with E-state index in [1.807, 2.05) is 18.2 Å². The van der Waals surface area contributed by atoms with E-state index in [9.17, 15) is 9.59 Å². The summed E-state index contributed by atoms with van der Waals surface area (Å²) in [5.41, 5.74) is 0.729. The number of ether oxygens (including phenoxy) is 2. The number of rotatable bonds is 5. The van der Waals surface area contributed by atoms with Gasteiger partial charge < -0.3 is 14.8 Å². The summed E-state index contributed by atoms with van der Waals surface area (Å²) in [4.78, 5) is 30.4. The quantitative estimate of drug-likeness (QED) is 0.789. The van der Waals surface area contributed by atoms with Crippen LogP contribution in [0.5, 0.6) is 5.88 Å². The van der Waals surface area contributed by atoms with Gasteiger partial charge in [-0.25, -0.2) is 9.97 Å². The van der Waals surface area contributed by atoms with Crippen LogP contribution in [0.25, 0.3) is 10.9 Å². The van der Waals surface area contributed by atoms with Crippen LogP contribution in [0, 0.1) is 0 Å². The Hall–Kier alpha value is -2.70. The summed E-state index contributed by atoms with van der Waals surface area (Å²) in [6.45, 7) is -0.429. The molecule has 0 unspecified atom stereocenters. The van der Waals surface area contributed by atoms with Crippen LogP contribution in [0.15, 0.2) is 30.6 Å². The fourth-order valence-electron chi connectivity index (χ4n) is 1.52. The van der Waals surface area contributed by atoms with E-state index in [2.05, 4.69) is 20.0 Å². The summed E-state index contributed by atoms with van der Waals surface area (Å²) in [5.74, 6) is -0.632. The summed E-state index contributed by atoms with van der Waals surface area (Å²) in [5, 5.41) is 3.09. The monoisotopic (exact) mass is 275 g/mol. The SMILES string of the molecule is COC(=O)CNC(=O)COc1ncnc2ccccc12. The number of aromatic nitrogens is 2. The van der Waals surface area contributed by atoms with Gasteiger partial charge in [-0.05, 0) is 12.1 Å². The van der Waals surface area contributed by atoms with Gasteiger partial charge in [-0.2, -0.15) is 0 Å². The highest BCUT2D eigenvalue weighted by atomic mass is 16.5. The fraction of sp³-hybridized carbons (Fsp3) is 0.231. The maximum atomic E-state index is 11.5. The standard InChI is InChI=1S/C13H13N3O4/c1-19-12(18)6-14-11(17)7-20-13-9-4-2-3-5-10(9)15-8-16-13/h2-5,8H,6-7H2,1H3,(H,14,17). The zero-order valence-electron chi connectivity index (χ0n) is 10.8. The molecule has 1 aromatic carbocycles. The molecule has 0 spiro atoms. The Morgan fingerprint density at radius 1 is 1.25 bits per heavy atom. The number of fused-ring (bicyclic) bond motifs is 1. The molecular formula is C13H13N3O4. The second kappa shape index (κ2) is 6.46. The molecule has 7 heteroatoms. The highest BCUT2D eigenvalue weighted by Crippen LogP contribution is 2.20. The molecule has 0 bridgehead atoms. The number of esters is 1. The van der Waals surface area contributed by atoms with Gasteiger partial charge in [-0.3, -0.25) is 9.59 Å². The second-order valence-electron chi connectivity index (χ2n) is 3.84. The number of benzene rings is 1. The summed E-state index contributed by atoms with van der Waals surface area (Å²) in [6.07, 6.45) is 1.37. The summed E-state index contributed by atoms with van der Waals surface area (Å²) in [7, 11) is 1.25. The molecule has 0 aliphatic rings. The van der Waals surface area contributed by atoms with Gasteiger partial charge in [0.1, 0.15) is 12.9 Å². The van der Waals surface area contributed by atoms with E-state index in [4.69, 9.17) is 4.74 Å². The molecule has 20 heavy (non-hydrogen) atoms. The van der Waals surface area contributed by atoms with E-state index >= 15 is 0 Å². The van der Waals surface area contributed by atoms with Gasteiger partial charge in [0.15, 0.2) is 6.61 Å². The first-order chi connectivity index (χ1) is 9.70. The van der Waals surface area contributed by atoms with Crippen molar-refractivity contribution in [3.63, 3.8) is 0 Å². The van der Waals surface area contributed by atoms with E-state index in [1.54, 1.807) is 6.07 Å². The van der Waals surface area contributed by atoms with Gasteiger partial charge in [0.2, 0.25) is 5.88 Å². The maximum absolute atomic E-state index is 11.5. The van der Waals surface area contributed by atoms with Crippen molar-refractivity contribution in [3.8, 4) is 5.88 Å². The fourth-order valence-corrected chi connectivity index (χ4v) is 1.52. The van der Waals surface area contributed by atoms with Gasteiger partial charge in [-0.15, -0.1) is 0 Å². The van der Waals surface area contributed by atoms with Crippen molar-refractivity contribution in [1.82, 2.24) is 15.3 Å². The van der Waals surface area contributed by atoms with Crippen LogP contribution in [-0.2, 0) is 14.3 Å². The first-order valence-electron chi connectivity index (χ1n) is 5.87. The van der Waals surface area contributed by atoms with Gasteiger partial charge >= 0.3 is 5.97 Å². The van der Waals surface area contributed by atoms with Crippen LogP contribution < -0.4 is 10.1 Å². The third-order valence-electron chi connectivity index (χ3n) is 2.50. The zero-order chi connectivity index (χ0) is 14.4. The molecule has 0 fully saturated rings. The Morgan fingerprint density at radius 2 is 2.05 bits per heavy atom. The van der Waals surface area contributed by atoms with Crippen molar-refractivity contribution in [2.24, 2.45) is 0 Å². The number of amides is 1. The lowest BCUT2D eigenvalue weighted by Gasteiger charge is -2.07. The molecule has 1 heterocycles. The Labute approximate surface area is 114 Å². The van der Waals surface area contributed by atoms with Crippen molar-refractivity contribution in [2.75, 3.05) is 20.3 Å². The average molecular weight is 275 g/mol. The van der Waals surface area contributed by atoms with Crippen LogP contribution in [0.4, 0.5) is 0 Å². The van der Waals surface area contributed by atoms with Crippen molar-refractivity contribution in [2.45, 2.75) is 0 Å². The van der Waals surface area contributed by atoms with E-state index in [-0.39, 0.29) is 13.2 Å². The van der Waals surface area contributed by atoms with Crippen LogP contribution in [0.1, 0.15) is 0 Å². The molecule has 7 nitrogen and oxygen atoms in total. The van der Waals surface area contributed by atoms with Gasteiger partial charge in [0, 0.05) is 0 Å². The normalized spacial score (nSPS) is 10.1. The number of carbonyl (C=O) groups is 2. The molecule has 1 aromatic heterocycles. The number of hydrogen-bond acceptors (Lipinski definition) is 6. The van der Waals surface area contributed by atoms with E-state index in [0.29, 0.717) is 5.88 Å². The predicted molar refractivity (Wildman–Crippen MR) is 70.1 cm³/mol. The predicted octanol–water partition coefficient (Wildman–Crippen LogP) is 0.298. The minimum Gasteiger partial charge on any atom is -0.468 e. The molecule has 2 aromatic rings. The molecule has 0 aliphatic heterocycles. The highest BCUT2D eigenvalue weighted by Gasteiger charge is 2.08. The molecule has 1 amide bonds. The van der Waals surface area contributed by atoms with Crippen LogP contribution >= 0.6 is 0 Å². The zero-order valence-corrected chi connectivity index (χ0v) is 10.8. The van der Waals surface area contributed by atoms with Gasteiger partial charge in [0.25, 0.3) is 5.91 Å². The molecular weight excluding hydrogens is 262 g/mol. The lowest BCUT2D eigenvalue weighted by Crippen LogP contribution is -2.33. The van der Waals surface area contributed by atoms with Gasteiger partial charge in [0.05, 0.1) is 18.0 Å². The Morgan fingerprint density at radius 3 is 2.85 bits per heavy atom. The molecule has 0 saturated heterocycles. The molecule has 104 valence electrons. The first-order valence-corrected chi connectivity index (χ1v) is 5.87. The van der Waals surface area contributed by atoms with Crippen LogP contribution in [-0.4, -0.2) is 42.1 Å². The number of nitrogens with zero attached hydrogens (tertiary/aromatic N) is 2. The number of methoxy groups -OCH3 is 1. The minimum atomic E-state index is -0.522. The van der Waals surface area contributed by atoms with Crippen LogP contribution in [0.2, 0.25) is 0 Å². The number of nitrogens with one attached hydrogen (secondary N) is 1. The molecule has 0 atom stereocenters. The van der Waals surface area contributed by atoms with Crippen molar-refractivity contribution >= 4 is 22.8 Å². The number of carbonyl (C=O) groups excluding carboxylic acids is 2. The first kappa shape index (κ1) is 13.7. The molecule has 0 saturated carbocycles.